The average molecular weight is 257 g/mol. The van der Waals surface area contributed by atoms with Crippen LogP contribution in [0.1, 0.15) is 13.8 Å². The van der Waals surface area contributed by atoms with E-state index in [9.17, 15) is 0 Å². The molecule has 92 valence electrons. The molecule has 3 rings (SSSR count). The number of fused-ring (bicyclic) bond motifs is 2. The van der Waals surface area contributed by atoms with E-state index in [1.165, 1.54) is 15.5 Å². The second-order valence-corrected chi connectivity index (χ2v) is 5.63. The molecule has 2 aromatic rings. The maximum atomic E-state index is 5.73. The summed E-state index contributed by atoms with van der Waals surface area (Å²) < 4.78 is 5.73. The standard InChI is InChI=1S/C15H15NOS/c1-10(2)17-11-7-8-13-15(9-11)18-14-6-4-3-5-12(14)16-13/h3-10,16H,1-2H3. The highest BCUT2D eigenvalue weighted by molar-refractivity contribution is 7.99. The number of nitrogens with one attached hydrogen (secondary N) is 1. The van der Waals surface area contributed by atoms with Crippen LogP contribution >= 0.6 is 11.8 Å². The Labute approximate surface area is 111 Å². The van der Waals surface area contributed by atoms with Crippen LogP contribution in [0.15, 0.2) is 52.3 Å². The predicted octanol–water partition coefficient (Wildman–Crippen LogP) is 4.68. The Balaban J connectivity index is 1.93. The molecular formula is C15H15NOS. The van der Waals surface area contributed by atoms with Crippen molar-refractivity contribution in [3.63, 3.8) is 0 Å². The monoisotopic (exact) mass is 257 g/mol. The van der Waals surface area contributed by atoms with E-state index < -0.39 is 0 Å². The molecule has 3 heteroatoms. The lowest BCUT2D eigenvalue weighted by Gasteiger charge is -2.21. The summed E-state index contributed by atoms with van der Waals surface area (Å²) in [4.78, 5) is 2.47. The zero-order chi connectivity index (χ0) is 12.5. The molecule has 0 spiro atoms. The number of rotatable bonds is 2. The Morgan fingerprint density at radius 3 is 2.61 bits per heavy atom. The molecule has 0 amide bonds. The Kier molecular flexibility index (Phi) is 2.92. The summed E-state index contributed by atoms with van der Waals surface area (Å²) in [5.74, 6) is 0.928. The summed E-state index contributed by atoms with van der Waals surface area (Å²) in [7, 11) is 0. The smallest absolute Gasteiger partial charge is 0.120 e. The molecule has 2 nitrogen and oxygen atoms in total. The van der Waals surface area contributed by atoms with Crippen LogP contribution in [-0.4, -0.2) is 6.10 Å². The molecule has 1 heterocycles. The largest absolute Gasteiger partial charge is 0.491 e. The third-order valence-electron chi connectivity index (χ3n) is 2.70. The van der Waals surface area contributed by atoms with Crippen molar-refractivity contribution in [2.45, 2.75) is 29.7 Å². The van der Waals surface area contributed by atoms with Gasteiger partial charge in [-0.15, -0.1) is 0 Å². The van der Waals surface area contributed by atoms with Gasteiger partial charge in [-0.25, -0.2) is 0 Å². The Morgan fingerprint density at radius 2 is 1.78 bits per heavy atom. The fraction of sp³-hybridized carbons (Fsp3) is 0.200. The summed E-state index contributed by atoms with van der Waals surface area (Å²) in [5.41, 5.74) is 2.32. The van der Waals surface area contributed by atoms with Crippen molar-refractivity contribution in [1.29, 1.82) is 0 Å². The van der Waals surface area contributed by atoms with Crippen molar-refractivity contribution < 1.29 is 4.74 Å². The van der Waals surface area contributed by atoms with Gasteiger partial charge in [0.25, 0.3) is 0 Å². The highest BCUT2D eigenvalue weighted by Gasteiger charge is 2.15. The van der Waals surface area contributed by atoms with Crippen molar-refractivity contribution in [2.24, 2.45) is 0 Å². The highest BCUT2D eigenvalue weighted by atomic mass is 32.2. The fourth-order valence-corrected chi connectivity index (χ4v) is 2.97. The number of ether oxygens (including phenoxy) is 1. The first-order valence-electron chi connectivity index (χ1n) is 6.07. The van der Waals surface area contributed by atoms with E-state index in [0.717, 1.165) is 11.4 Å². The number of hydrogen-bond acceptors (Lipinski definition) is 3. The van der Waals surface area contributed by atoms with Crippen LogP contribution in [0.5, 0.6) is 5.75 Å². The van der Waals surface area contributed by atoms with E-state index in [0.29, 0.717) is 0 Å². The summed E-state index contributed by atoms with van der Waals surface area (Å²) in [5, 5.41) is 3.44. The quantitative estimate of drug-likeness (QED) is 0.720. The van der Waals surface area contributed by atoms with E-state index in [2.05, 4.69) is 35.6 Å². The third kappa shape index (κ3) is 2.18. The molecule has 0 saturated heterocycles. The number of anilines is 2. The summed E-state index contributed by atoms with van der Waals surface area (Å²) in [6, 6.07) is 14.5. The molecule has 0 unspecified atom stereocenters. The fourth-order valence-electron chi connectivity index (χ4n) is 1.96. The second kappa shape index (κ2) is 4.58. The molecule has 0 atom stereocenters. The Morgan fingerprint density at radius 1 is 1.00 bits per heavy atom. The normalized spacial score (nSPS) is 12.6. The van der Waals surface area contributed by atoms with E-state index in [1.54, 1.807) is 11.8 Å². The zero-order valence-corrected chi connectivity index (χ0v) is 11.3. The molecule has 0 fully saturated rings. The first-order valence-corrected chi connectivity index (χ1v) is 6.88. The van der Waals surface area contributed by atoms with Gasteiger partial charge in [0.05, 0.1) is 17.5 Å². The van der Waals surface area contributed by atoms with Gasteiger partial charge in [-0.05, 0) is 44.2 Å². The van der Waals surface area contributed by atoms with Gasteiger partial charge in [0.1, 0.15) is 5.75 Å². The Hall–Kier alpha value is -1.61. The van der Waals surface area contributed by atoms with Crippen molar-refractivity contribution in [2.75, 3.05) is 5.32 Å². The maximum Gasteiger partial charge on any atom is 0.120 e. The minimum atomic E-state index is 0.205. The lowest BCUT2D eigenvalue weighted by atomic mass is 10.2. The van der Waals surface area contributed by atoms with E-state index in [1.807, 2.05) is 26.0 Å². The number of hydrogen-bond donors (Lipinski definition) is 1. The van der Waals surface area contributed by atoms with Crippen LogP contribution in [0.4, 0.5) is 11.4 Å². The van der Waals surface area contributed by atoms with E-state index >= 15 is 0 Å². The molecule has 1 aliphatic rings. The number of para-hydroxylation sites is 1. The van der Waals surface area contributed by atoms with Crippen LogP contribution in [-0.2, 0) is 0 Å². The lowest BCUT2D eigenvalue weighted by Crippen LogP contribution is -2.06. The Bertz CT molecular complexity index is 580. The van der Waals surface area contributed by atoms with Crippen LogP contribution < -0.4 is 10.1 Å². The van der Waals surface area contributed by atoms with Crippen molar-refractivity contribution in [3.05, 3.63) is 42.5 Å². The van der Waals surface area contributed by atoms with E-state index in [-0.39, 0.29) is 6.10 Å². The highest BCUT2D eigenvalue weighted by Crippen LogP contribution is 2.45. The van der Waals surface area contributed by atoms with Gasteiger partial charge in [-0.1, -0.05) is 23.9 Å². The van der Waals surface area contributed by atoms with Crippen LogP contribution in [0, 0.1) is 0 Å². The molecule has 0 saturated carbocycles. The first kappa shape index (κ1) is 11.5. The molecule has 0 aromatic heterocycles. The van der Waals surface area contributed by atoms with Gasteiger partial charge in [0.2, 0.25) is 0 Å². The number of benzene rings is 2. The first-order chi connectivity index (χ1) is 8.72. The third-order valence-corrected chi connectivity index (χ3v) is 3.83. The second-order valence-electron chi connectivity index (χ2n) is 4.55. The van der Waals surface area contributed by atoms with Gasteiger partial charge >= 0.3 is 0 Å². The van der Waals surface area contributed by atoms with Gasteiger partial charge in [0.15, 0.2) is 0 Å². The van der Waals surface area contributed by atoms with Gasteiger partial charge in [-0.2, -0.15) is 0 Å². The van der Waals surface area contributed by atoms with Crippen molar-refractivity contribution >= 4 is 23.1 Å². The van der Waals surface area contributed by atoms with Crippen LogP contribution in [0.2, 0.25) is 0 Å². The van der Waals surface area contributed by atoms with Crippen molar-refractivity contribution in [1.82, 2.24) is 0 Å². The molecule has 2 aromatic carbocycles. The molecule has 0 bridgehead atoms. The van der Waals surface area contributed by atoms with Gasteiger partial charge in [0, 0.05) is 9.79 Å². The minimum Gasteiger partial charge on any atom is -0.491 e. The predicted molar refractivity (Wildman–Crippen MR) is 76.1 cm³/mol. The van der Waals surface area contributed by atoms with Crippen LogP contribution in [0.25, 0.3) is 0 Å². The SMILES string of the molecule is CC(C)Oc1ccc2c(c1)Sc1ccccc1N2. The summed E-state index contributed by atoms with van der Waals surface area (Å²) >= 11 is 1.78. The zero-order valence-electron chi connectivity index (χ0n) is 10.4. The van der Waals surface area contributed by atoms with Crippen LogP contribution in [0.3, 0.4) is 0 Å². The van der Waals surface area contributed by atoms with Gasteiger partial charge < -0.3 is 10.1 Å². The topological polar surface area (TPSA) is 21.3 Å². The average Bonchev–Trinajstić information content (AvgIpc) is 2.35. The van der Waals surface area contributed by atoms with E-state index in [4.69, 9.17) is 4.74 Å². The minimum absolute atomic E-state index is 0.205. The molecule has 1 N–H and O–H groups in total. The molecule has 18 heavy (non-hydrogen) atoms. The molecule has 0 aliphatic carbocycles. The maximum absolute atomic E-state index is 5.73. The van der Waals surface area contributed by atoms with Gasteiger partial charge in [-0.3, -0.25) is 0 Å². The molecular weight excluding hydrogens is 242 g/mol. The lowest BCUT2D eigenvalue weighted by molar-refractivity contribution is 0.242. The summed E-state index contributed by atoms with van der Waals surface area (Å²) in [6.07, 6.45) is 0.205. The molecule has 1 aliphatic heterocycles. The van der Waals surface area contributed by atoms with Crippen molar-refractivity contribution in [3.8, 4) is 5.75 Å². The summed E-state index contributed by atoms with van der Waals surface area (Å²) in [6.45, 7) is 4.08. The molecule has 0 radical (unpaired) electrons.